The molecule has 1 heterocycles. The number of thiophene rings is 1. The number of ether oxygens (including phenoxy) is 1. The van der Waals surface area contributed by atoms with Crippen LogP contribution < -0.4 is 10.1 Å². The molecule has 0 aliphatic carbocycles. The third-order valence-electron chi connectivity index (χ3n) is 3.51. The van der Waals surface area contributed by atoms with Crippen LogP contribution in [0.15, 0.2) is 58.9 Å². The molecule has 0 saturated heterocycles. The molecule has 0 aliphatic rings. The molecular weight excluding hydrogens is 391 g/mol. The summed E-state index contributed by atoms with van der Waals surface area (Å²) in [6.45, 7) is 0. The molecule has 132 valence electrons. The van der Waals surface area contributed by atoms with Gasteiger partial charge in [0.2, 0.25) is 0 Å². The number of carbonyl (C=O) groups excluding carboxylic acids is 1. The molecule has 3 rings (SSSR count). The number of nitrogens with zero attached hydrogens (tertiary/aromatic N) is 1. The summed E-state index contributed by atoms with van der Waals surface area (Å²) in [5, 5.41) is 6.06. The van der Waals surface area contributed by atoms with Crippen LogP contribution in [0.3, 0.4) is 0 Å². The molecule has 2 aromatic carbocycles. The number of hydrogen-bond donors (Lipinski definition) is 1. The Labute approximate surface area is 165 Å². The highest BCUT2D eigenvalue weighted by Gasteiger charge is 2.13. The van der Waals surface area contributed by atoms with E-state index in [1.165, 1.54) is 11.3 Å². The molecule has 0 radical (unpaired) electrons. The molecule has 0 unspecified atom stereocenters. The van der Waals surface area contributed by atoms with E-state index in [2.05, 4.69) is 10.3 Å². The van der Waals surface area contributed by atoms with Gasteiger partial charge in [0.25, 0.3) is 5.91 Å². The number of methoxy groups -OCH3 is 1. The van der Waals surface area contributed by atoms with Crippen LogP contribution in [0.1, 0.15) is 15.9 Å². The second kappa shape index (κ2) is 8.36. The maximum Gasteiger partial charge on any atom is 0.258 e. The molecule has 4 nitrogen and oxygen atoms in total. The number of carbonyl (C=O) groups is 1. The number of benzene rings is 2. The van der Waals surface area contributed by atoms with Crippen LogP contribution >= 0.6 is 34.5 Å². The topological polar surface area (TPSA) is 50.7 Å². The second-order valence-corrected chi connectivity index (χ2v) is 6.96. The lowest BCUT2D eigenvalue weighted by molar-refractivity contribution is 0.102. The number of nitrogens with one attached hydrogen (secondary N) is 1. The van der Waals surface area contributed by atoms with Crippen molar-refractivity contribution in [3.05, 3.63) is 75.1 Å². The largest absolute Gasteiger partial charge is 0.497 e. The van der Waals surface area contributed by atoms with Crippen LogP contribution in [0.2, 0.25) is 10.0 Å². The number of amides is 1. The third-order valence-corrected chi connectivity index (χ3v) is 5.07. The molecule has 26 heavy (non-hydrogen) atoms. The smallest absolute Gasteiger partial charge is 0.258 e. The van der Waals surface area contributed by atoms with Gasteiger partial charge in [0.1, 0.15) is 10.8 Å². The first kappa shape index (κ1) is 18.5. The fourth-order valence-corrected chi connectivity index (χ4v) is 3.20. The molecule has 0 bridgehead atoms. The van der Waals surface area contributed by atoms with Crippen LogP contribution in [-0.2, 0) is 0 Å². The fourth-order valence-electron chi connectivity index (χ4n) is 2.17. The van der Waals surface area contributed by atoms with Crippen molar-refractivity contribution < 1.29 is 9.53 Å². The molecular formula is C19H14Cl2N2O2S. The van der Waals surface area contributed by atoms with Gasteiger partial charge in [-0.25, -0.2) is 4.99 Å². The van der Waals surface area contributed by atoms with E-state index in [-0.39, 0.29) is 5.91 Å². The first-order valence-electron chi connectivity index (χ1n) is 7.59. The minimum absolute atomic E-state index is 0.258. The third kappa shape index (κ3) is 4.43. The Kier molecular flexibility index (Phi) is 5.93. The molecule has 1 N–H and O–H groups in total. The van der Waals surface area contributed by atoms with E-state index < -0.39 is 0 Å². The zero-order valence-electron chi connectivity index (χ0n) is 13.7. The summed E-state index contributed by atoms with van der Waals surface area (Å²) in [6, 6.07) is 14.2. The number of aliphatic imine (C=N–C) groups is 1. The Hall–Kier alpha value is -2.34. The van der Waals surface area contributed by atoms with Gasteiger partial charge in [-0.3, -0.25) is 4.79 Å². The Bertz CT molecular complexity index is 952. The number of hydrogen-bond acceptors (Lipinski definition) is 4. The maximum absolute atomic E-state index is 12.5. The first-order valence-corrected chi connectivity index (χ1v) is 9.22. The van der Waals surface area contributed by atoms with Crippen molar-refractivity contribution in [2.75, 3.05) is 12.4 Å². The predicted molar refractivity (Wildman–Crippen MR) is 109 cm³/mol. The summed E-state index contributed by atoms with van der Waals surface area (Å²) < 4.78 is 5.13. The normalized spacial score (nSPS) is 10.9. The van der Waals surface area contributed by atoms with Crippen molar-refractivity contribution in [2.24, 2.45) is 4.99 Å². The van der Waals surface area contributed by atoms with Gasteiger partial charge in [0.05, 0.1) is 22.7 Å². The van der Waals surface area contributed by atoms with Gasteiger partial charge in [0, 0.05) is 11.9 Å². The molecule has 0 saturated carbocycles. The molecule has 0 fully saturated rings. The average Bonchev–Trinajstić information content (AvgIpc) is 3.12. The van der Waals surface area contributed by atoms with Crippen molar-refractivity contribution in [3.8, 4) is 5.75 Å². The second-order valence-electron chi connectivity index (χ2n) is 5.25. The summed E-state index contributed by atoms with van der Waals surface area (Å²) >= 11 is 13.3. The van der Waals surface area contributed by atoms with Crippen LogP contribution in [-0.4, -0.2) is 19.2 Å². The van der Waals surface area contributed by atoms with Crippen LogP contribution in [0.25, 0.3) is 0 Å². The molecule has 1 aromatic heterocycles. The lowest BCUT2D eigenvalue weighted by Crippen LogP contribution is -2.11. The van der Waals surface area contributed by atoms with Crippen molar-refractivity contribution in [3.63, 3.8) is 0 Å². The Morgan fingerprint density at radius 2 is 1.88 bits per heavy atom. The summed E-state index contributed by atoms with van der Waals surface area (Å²) in [7, 11) is 1.62. The summed E-state index contributed by atoms with van der Waals surface area (Å²) in [5.41, 5.74) is 1.97. The van der Waals surface area contributed by atoms with Gasteiger partial charge in [-0.2, -0.15) is 0 Å². The molecule has 7 heteroatoms. The SMILES string of the molecule is COc1ccc(/C=N/c2sccc2C(=O)Nc2ccc(Cl)c(Cl)c2)cc1. The van der Waals surface area contributed by atoms with E-state index in [1.807, 2.05) is 29.6 Å². The maximum atomic E-state index is 12.5. The Balaban J connectivity index is 1.75. The van der Waals surface area contributed by atoms with Crippen molar-refractivity contribution in [1.82, 2.24) is 0 Å². The molecule has 0 aliphatic heterocycles. The van der Waals surface area contributed by atoms with Gasteiger partial charge in [-0.1, -0.05) is 23.2 Å². The monoisotopic (exact) mass is 404 g/mol. The van der Waals surface area contributed by atoms with E-state index >= 15 is 0 Å². The molecule has 0 spiro atoms. The quantitative estimate of drug-likeness (QED) is 0.524. The van der Waals surface area contributed by atoms with E-state index in [0.29, 0.717) is 26.3 Å². The highest BCUT2D eigenvalue weighted by Crippen LogP contribution is 2.29. The molecule has 0 atom stereocenters. The van der Waals surface area contributed by atoms with Gasteiger partial charge in [-0.15, -0.1) is 11.3 Å². The molecule has 1 amide bonds. The lowest BCUT2D eigenvalue weighted by Gasteiger charge is -2.06. The average molecular weight is 405 g/mol. The zero-order chi connectivity index (χ0) is 18.5. The van der Waals surface area contributed by atoms with Crippen molar-refractivity contribution in [2.45, 2.75) is 0 Å². The zero-order valence-corrected chi connectivity index (χ0v) is 16.0. The van der Waals surface area contributed by atoms with Gasteiger partial charge < -0.3 is 10.1 Å². The van der Waals surface area contributed by atoms with Gasteiger partial charge in [0.15, 0.2) is 0 Å². The van der Waals surface area contributed by atoms with Gasteiger partial charge >= 0.3 is 0 Å². The summed E-state index contributed by atoms with van der Waals surface area (Å²) in [4.78, 5) is 16.9. The predicted octanol–water partition coefficient (Wildman–Crippen LogP) is 6.07. The van der Waals surface area contributed by atoms with Crippen LogP contribution in [0, 0.1) is 0 Å². The summed E-state index contributed by atoms with van der Waals surface area (Å²) in [6.07, 6.45) is 1.71. The lowest BCUT2D eigenvalue weighted by atomic mass is 10.2. The number of rotatable bonds is 5. The Morgan fingerprint density at radius 1 is 1.12 bits per heavy atom. The van der Waals surface area contributed by atoms with Crippen LogP contribution in [0.4, 0.5) is 10.7 Å². The summed E-state index contributed by atoms with van der Waals surface area (Å²) in [5.74, 6) is 0.520. The minimum atomic E-state index is -0.258. The van der Waals surface area contributed by atoms with E-state index in [0.717, 1.165) is 11.3 Å². The number of halogens is 2. The highest BCUT2D eigenvalue weighted by molar-refractivity contribution is 7.14. The Morgan fingerprint density at radius 3 is 2.58 bits per heavy atom. The van der Waals surface area contributed by atoms with Crippen molar-refractivity contribution in [1.29, 1.82) is 0 Å². The van der Waals surface area contributed by atoms with Gasteiger partial charge in [-0.05, 0) is 59.5 Å². The minimum Gasteiger partial charge on any atom is -0.497 e. The van der Waals surface area contributed by atoms with E-state index in [4.69, 9.17) is 27.9 Å². The highest BCUT2D eigenvalue weighted by atomic mass is 35.5. The molecule has 3 aromatic rings. The van der Waals surface area contributed by atoms with Crippen molar-refractivity contribution >= 4 is 57.3 Å². The van der Waals surface area contributed by atoms with E-state index in [9.17, 15) is 4.79 Å². The van der Waals surface area contributed by atoms with E-state index in [1.54, 1.807) is 37.6 Å². The van der Waals surface area contributed by atoms with Crippen LogP contribution in [0.5, 0.6) is 5.75 Å². The fraction of sp³-hybridized carbons (Fsp3) is 0.0526. The standard InChI is InChI=1S/C19H14Cl2N2O2S/c1-25-14-5-2-12(3-6-14)11-22-19-15(8-9-26-19)18(24)23-13-4-7-16(20)17(21)10-13/h2-11H,1H3,(H,23,24)/b22-11+. The number of anilines is 1. The first-order chi connectivity index (χ1) is 12.6.